The molecule has 1 aliphatic heterocycles. The van der Waals surface area contributed by atoms with Crippen LogP contribution in [0.4, 0.5) is 0 Å². The van der Waals surface area contributed by atoms with E-state index in [-0.39, 0.29) is 10.9 Å². The van der Waals surface area contributed by atoms with Crippen LogP contribution >= 0.6 is 23.4 Å². The number of carbonyl (C=O) groups excluding carboxylic acids is 2. The van der Waals surface area contributed by atoms with Crippen LogP contribution in [-0.2, 0) is 15.2 Å². The van der Waals surface area contributed by atoms with Crippen molar-refractivity contribution in [2.75, 3.05) is 14.2 Å². The fraction of sp³-hybridized carbons (Fsp3) is 0.294. The van der Waals surface area contributed by atoms with Crippen LogP contribution in [0.15, 0.2) is 24.3 Å². The Kier molecular flexibility index (Phi) is 4.60. The molecule has 7 heteroatoms. The highest BCUT2D eigenvalue weighted by molar-refractivity contribution is 7.99. The molecule has 0 N–H and O–H groups in total. The van der Waals surface area contributed by atoms with Gasteiger partial charge in [-0.05, 0) is 24.6 Å². The zero-order chi connectivity index (χ0) is 17.4. The SMILES string of the molecule is COC(=O)c1c(C(=O)OC)c2n(c1C)C(c1ccc(Cl)cc1)SC2. The fourth-order valence-corrected chi connectivity index (χ4v) is 4.52. The molecule has 1 aliphatic rings. The first-order chi connectivity index (χ1) is 11.5. The van der Waals surface area contributed by atoms with E-state index in [1.165, 1.54) is 14.2 Å². The minimum Gasteiger partial charge on any atom is -0.465 e. The van der Waals surface area contributed by atoms with Gasteiger partial charge in [0.2, 0.25) is 0 Å². The Labute approximate surface area is 148 Å². The number of thioether (sulfide) groups is 1. The lowest BCUT2D eigenvalue weighted by Crippen LogP contribution is -2.12. The summed E-state index contributed by atoms with van der Waals surface area (Å²) >= 11 is 7.64. The molecule has 2 heterocycles. The van der Waals surface area contributed by atoms with Crippen LogP contribution in [0.3, 0.4) is 0 Å². The maximum Gasteiger partial charge on any atom is 0.340 e. The van der Waals surface area contributed by atoms with Crippen molar-refractivity contribution >= 4 is 35.3 Å². The molecular weight excluding hydrogens is 350 g/mol. The normalized spacial score (nSPS) is 15.9. The monoisotopic (exact) mass is 365 g/mol. The first kappa shape index (κ1) is 16.9. The number of fused-ring (bicyclic) bond motifs is 1. The number of aromatic nitrogens is 1. The lowest BCUT2D eigenvalue weighted by atomic mass is 10.1. The van der Waals surface area contributed by atoms with Crippen LogP contribution in [0.1, 0.15) is 43.0 Å². The van der Waals surface area contributed by atoms with E-state index in [0.717, 1.165) is 11.3 Å². The van der Waals surface area contributed by atoms with E-state index < -0.39 is 11.9 Å². The molecule has 1 aromatic heterocycles. The number of rotatable bonds is 3. The zero-order valence-electron chi connectivity index (χ0n) is 13.5. The minimum absolute atomic E-state index is 0.0286. The van der Waals surface area contributed by atoms with Gasteiger partial charge in [-0.3, -0.25) is 0 Å². The number of hydrogen-bond acceptors (Lipinski definition) is 5. The molecule has 0 saturated carbocycles. The van der Waals surface area contributed by atoms with Crippen LogP contribution in [0.2, 0.25) is 5.02 Å². The van der Waals surface area contributed by atoms with Crippen molar-refractivity contribution in [2.45, 2.75) is 18.1 Å². The molecule has 1 atom stereocenters. The van der Waals surface area contributed by atoms with E-state index in [1.807, 2.05) is 35.8 Å². The standard InChI is InChI=1S/C17H16ClNO4S/c1-9-13(16(20)22-2)14(17(21)23-3)12-8-24-15(19(9)12)10-4-6-11(18)7-5-10/h4-7,15H,8H2,1-3H3. The third kappa shape index (κ3) is 2.59. The van der Waals surface area contributed by atoms with Gasteiger partial charge in [0.25, 0.3) is 0 Å². The molecule has 0 fully saturated rings. The summed E-state index contributed by atoms with van der Waals surface area (Å²) in [5.41, 5.74) is 3.10. The minimum atomic E-state index is -0.533. The van der Waals surface area contributed by atoms with Crippen molar-refractivity contribution in [3.05, 3.63) is 57.4 Å². The van der Waals surface area contributed by atoms with Crippen molar-refractivity contribution in [3.63, 3.8) is 0 Å². The van der Waals surface area contributed by atoms with Crippen molar-refractivity contribution in [2.24, 2.45) is 0 Å². The molecule has 0 spiro atoms. The first-order valence-electron chi connectivity index (χ1n) is 7.27. The second-order valence-electron chi connectivity index (χ2n) is 5.35. The molecule has 3 rings (SSSR count). The van der Waals surface area contributed by atoms with Gasteiger partial charge in [0.05, 0.1) is 25.3 Å². The molecule has 126 valence electrons. The summed E-state index contributed by atoms with van der Waals surface area (Å²) in [5, 5.41) is 0.635. The van der Waals surface area contributed by atoms with Gasteiger partial charge in [-0.1, -0.05) is 23.7 Å². The van der Waals surface area contributed by atoms with Gasteiger partial charge in [-0.25, -0.2) is 9.59 Å². The summed E-state index contributed by atoms with van der Waals surface area (Å²) in [5.74, 6) is -0.450. The summed E-state index contributed by atoms with van der Waals surface area (Å²) < 4.78 is 11.7. The predicted molar refractivity (Wildman–Crippen MR) is 92.7 cm³/mol. The number of hydrogen-bond donors (Lipinski definition) is 0. The zero-order valence-corrected chi connectivity index (χ0v) is 15.0. The van der Waals surface area contributed by atoms with E-state index in [9.17, 15) is 9.59 Å². The Morgan fingerprint density at radius 1 is 1.12 bits per heavy atom. The van der Waals surface area contributed by atoms with Gasteiger partial charge in [-0.15, -0.1) is 11.8 Å². The molecule has 1 aromatic carbocycles. The molecule has 0 amide bonds. The lowest BCUT2D eigenvalue weighted by Gasteiger charge is -2.16. The molecule has 0 saturated heterocycles. The smallest absolute Gasteiger partial charge is 0.340 e. The largest absolute Gasteiger partial charge is 0.465 e. The van der Waals surface area contributed by atoms with Crippen molar-refractivity contribution < 1.29 is 19.1 Å². The molecule has 24 heavy (non-hydrogen) atoms. The fourth-order valence-electron chi connectivity index (χ4n) is 3.01. The number of esters is 2. The molecule has 5 nitrogen and oxygen atoms in total. The molecule has 0 bridgehead atoms. The first-order valence-corrected chi connectivity index (χ1v) is 8.69. The van der Waals surface area contributed by atoms with Crippen molar-refractivity contribution in [1.29, 1.82) is 0 Å². The summed E-state index contributed by atoms with van der Waals surface area (Å²) in [6.45, 7) is 1.82. The number of ether oxygens (including phenoxy) is 2. The Bertz CT molecular complexity index is 813. The summed E-state index contributed by atoms with van der Waals surface area (Å²) in [6, 6.07) is 7.56. The van der Waals surface area contributed by atoms with Gasteiger partial charge in [-0.2, -0.15) is 0 Å². The van der Waals surface area contributed by atoms with Crippen LogP contribution < -0.4 is 0 Å². The second kappa shape index (κ2) is 6.53. The molecule has 0 aliphatic carbocycles. The third-order valence-corrected chi connectivity index (χ3v) is 5.59. The Morgan fingerprint density at radius 2 is 1.71 bits per heavy atom. The highest BCUT2D eigenvalue weighted by atomic mass is 35.5. The molecule has 1 unspecified atom stereocenters. The van der Waals surface area contributed by atoms with Gasteiger partial charge in [0.15, 0.2) is 0 Å². The number of carbonyl (C=O) groups is 2. The van der Waals surface area contributed by atoms with Gasteiger partial charge >= 0.3 is 11.9 Å². The summed E-state index contributed by atoms with van der Waals surface area (Å²) in [6.07, 6.45) is 0. The number of benzene rings is 1. The highest BCUT2D eigenvalue weighted by Crippen LogP contribution is 2.45. The van der Waals surface area contributed by atoms with E-state index >= 15 is 0 Å². The second-order valence-corrected chi connectivity index (χ2v) is 6.86. The number of nitrogens with zero attached hydrogens (tertiary/aromatic N) is 1. The summed E-state index contributed by atoms with van der Waals surface area (Å²) in [7, 11) is 2.61. The number of methoxy groups -OCH3 is 2. The van der Waals surface area contributed by atoms with Gasteiger partial charge < -0.3 is 14.0 Å². The Morgan fingerprint density at radius 3 is 2.29 bits per heavy atom. The average molecular weight is 366 g/mol. The molecule has 2 aromatic rings. The van der Waals surface area contributed by atoms with Gasteiger partial charge in [0, 0.05) is 22.2 Å². The van der Waals surface area contributed by atoms with E-state index in [2.05, 4.69) is 0 Å². The molecule has 0 radical (unpaired) electrons. The van der Waals surface area contributed by atoms with E-state index in [4.69, 9.17) is 21.1 Å². The third-order valence-electron chi connectivity index (χ3n) is 4.10. The van der Waals surface area contributed by atoms with Crippen LogP contribution in [0, 0.1) is 6.92 Å². The Hall–Kier alpha value is -1.92. The number of halogens is 1. The highest BCUT2D eigenvalue weighted by Gasteiger charge is 2.37. The van der Waals surface area contributed by atoms with E-state index in [0.29, 0.717) is 22.0 Å². The van der Waals surface area contributed by atoms with Crippen molar-refractivity contribution in [3.8, 4) is 0 Å². The predicted octanol–water partition coefficient (Wildman–Crippen LogP) is 3.82. The summed E-state index contributed by atoms with van der Waals surface area (Å²) in [4.78, 5) is 24.4. The Balaban J connectivity index is 2.18. The van der Waals surface area contributed by atoms with E-state index in [1.54, 1.807) is 11.8 Å². The topological polar surface area (TPSA) is 57.5 Å². The van der Waals surface area contributed by atoms with Crippen LogP contribution in [0.25, 0.3) is 0 Å². The maximum atomic E-state index is 12.2. The quantitative estimate of drug-likeness (QED) is 0.774. The van der Waals surface area contributed by atoms with Crippen LogP contribution in [0.5, 0.6) is 0 Å². The maximum absolute atomic E-state index is 12.2. The van der Waals surface area contributed by atoms with Gasteiger partial charge in [0.1, 0.15) is 5.37 Å². The van der Waals surface area contributed by atoms with Crippen LogP contribution in [-0.4, -0.2) is 30.7 Å². The lowest BCUT2D eigenvalue weighted by molar-refractivity contribution is 0.0555. The molecular formula is C17H16ClNO4S. The average Bonchev–Trinajstić information content (AvgIpc) is 3.13. The van der Waals surface area contributed by atoms with Crippen molar-refractivity contribution in [1.82, 2.24) is 4.57 Å².